The minimum absolute atomic E-state index is 0.0681. The highest BCUT2D eigenvalue weighted by molar-refractivity contribution is 6.04. The molecule has 0 saturated heterocycles. The smallest absolute Gasteiger partial charge is 0.185 e. The molecular formula is C25H30O. The van der Waals surface area contributed by atoms with Crippen LogP contribution >= 0.6 is 0 Å². The van der Waals surface area contributed by atoms with Crippen molar-refractivity contribution >= 4 is 11.9 Å². The summed E-state index contributed by atoms with van der Waals surface area (Å²) >= 11 is 0. The summed E-state index contributed by atoms with van der Waals surface area (Å²) in [6.45, 7) is 4.44. The quantitative estimate of drug-likeness (QED) is 0.254. The predicted octanol–water partition coefficient (Wildman–Crippen LogP) is 7.12. The first-order valence-electron chi connectivity index (χ1n) is 9.66. The molecule has 0 N–H and O–H groups in total. The zero-order chi connectivity index (χ0) is 18.7. The first-order valence-corrected chi connectivity index (χ1v) is 9.66. The Morgan fingerprint density at radius 2 is 1.54 bits per heavy atom. The predicted molar refractivity (Wildman–Crippen MR) is 112 cm³/mol. The molecule has 0 fully saturated rings. The topological polar surface area (TPSA) is 17.1 Å². The van der Waals surface area contributed by atoms with Gasteiger partial charge < -0.3 is 0 Å². The Labute approximate surface area is 158 Å². The summed E-state index contributed by atoms with van der Waals surface area (Å²) in [5.41, 5.74) is 1.81. The Morgan fingerprint density at radius 3 is 2.19 bits per heavy atom. The van der Waals surface area contributed by atoms with Crippen LogP contribution in [0.15, 0.2) is 78.9 Å². The minimum Gasteiger partial charge on any atom is -0.289 e. The van der Waals surface area contributed by atoms with E-state index in [2.05, 4.69) is 44.2 Å². The van der Waals surface area contributed by atoms with Gasteiger partial charge in [0.2, 0.25) is 0 Å². The lowest BCUT2D eigenvalue weighted by Crippen LogP contribution is -2.10. The summed E-state index contributed by atoms with van der Waals surface area (Å²) < 4.78 is 0. The van der Waals surface area contributed by atoms with E-state index < -0.39 is 0 Å². The van der Waals surface area contributed by atoms with Crippen molar-refractivity contribution < 1.29 is 4.79 Å². The molecule has 2 aromatic carbocycles. The second kappa shape index (κ2) is 10.6. The molecule has 1 atom stereocenters. The highest BCUT2D eigenvalue weighted by atomic mass is 16.1. The van der Waals surface area contributed by atoms with E-state index in [0.29, 0.717) is 0 Å². The number of allylic oxidation sites excluding steroid dienone is 3. The van der Waals surface area contributed by atoms with Crippen LogP contribution in [0.4, 0.5) is 0 Å². The zero-order valence-corrected chi connectivity index (χ0v) is 16.0. The van der Waals surface area contributed by atoms with Crippen molar-refractivity contribution in [3.05, 3.63) is 90.0 Å². The summed E-state index contributed by atoms with van der Waals surface area (Å²) in [6, 6.07) is 19.8. The number of hydrogen-bond donors (Lipinski definition) is 0. The maximum atomic E-state index is 12.4. The first-order chi connectivity index (χ1) is 12.6. The Bertz CT molecular complexity index is 712. The Kier molecular flexibility index (Phi) is 8.08. The van der Waals surface area contributed by atoms with Crippen LogP contribution in [0, 0.1) is 5.41 Å². The van der Waals surface area contributed by atoms with Crippen molar-refractivity contribution in [2.24, 2.45) is 5.41 Å². The van der Waals surface area contributed by atoms with Gasteiger partial charge in [-0.3, -0.25) is 4.79 Å². The van der Waals surface area contributed by atoms with E-state index in [9.17, 15) is 4.79 Å². The molecule has 2 aromatic rings. The van der Waals surface area contributed by atoms with Gasteiger partial charge >= 0.3 is 0 Å². The zero-order valence-electron chi connectivity index (χ0n) is 16.0. The van der Waals surface area contributed by atoms with Crippen molar-refractivity contribution in [3.63, 3.8) is 0 Å². The summed E-state index contributed by atoms with van der Waals surface area (Å²) in [4.78, 5) is 12.4. The molecule has 0 aliphatic carbocycles. The van der Waals surface area contributed by atoms with E-state index in [1.165, 1.54) is 31.2 Å². The fraction of sp³-hybridized carbons (Fsp3) is 0.320. The molecule has 0 aliphatic heterocycles. The fourth-order valence-corrected chi connectivity index (χ4v) is 2.97. The van der Waals surface area contributed by atoms with Gasteiger partial charge in [0.1, 0.15) is 0 Å². The van der Waals surface area contributed by atoms with Gasteiger partial charge in [0.05, 0.1) is 0 Å². The third-order valence-electron chi connectivity index (χ3n) is 4.70. The molecule has 136 valence electrons. The lowest BCUT2D eigenvalue weighted by Gasteiger charge is -2.22. The average molecular weight is 347 g/mol. The third kappa shape index (κ3) is 6.84. The van der Waals surface area contributed by atoms with Crippen LogP contribution in [0.5, 0.6) is 0 Å². The normalized spacial score (nSPS) is 13.9. The van der Waals surface area contributed by atoms with Gasteiger partial charge in [-0.15, -0.1) is 0 Å². The van der Waals surface area contributed by atoms with Crippen LogP contribution < -0.4 is 0 Å². The maximum Gasteiger partial charge on any atom is 0.185 e. The van der Waals surface area contributed by atoms with Crippen LogP contribution in [0.2, 0.25) is 0 Å². The van der Waals surface area contributed by atoms with Crippen molar-refractivity contribution in [1.29, 1.82) is 0 Å². The molecule has 0 bridgehead atoms. The average Bonchev–Trinajstić information content (AvgIpc) is 2.70. The second-order valence-corrected chi connectivity index (χ2v) is 7.12. The summed E-state index contributed by atoms with van der Waals surface area (Å²) in [7, 11) is 0. The van der Waals surface area contributed by atoms with Crippen LogP contribution in [0.1, 0.15) is 61.9 Å². The highest BCUT2D eigenvalue weighted by Crippen LogP contribution is 2.29. The molecule has 2 rings (SSSR count). The molecule has 1 unspecified atom stereocenters. The monoisotopic (exact) mass is 346 g/mol. The summed E-state index contributed by atoms with van der Waals surface area (Å²) in [5.74, 6) is 0.0681. The number of carbonyl (C=O) groups is 1. The molecule has 1 heteroatoms. The molecule has 0 aromatic heterocycles. The Morgan fingerprint density at radius 1 is 0.885 bits per heavy atom. The molecular weight excluding hydrogens is 316 g/mol. The van der Waals surface area contributed by atoms with E-state index >= 15 is 0 Å². The van der Waals surface area contributed by atoms with Gasteiger partial charge in [-0.2, -0.15) is 0 Å². The van der Waals surface area contributed by atoms with Gasteiger partial charge in [-0.25, -0.2) is 0 Å². The lowest BCUT2D eigenvalue weighted by molar-refractivity contribution is 0.104. The van der Waals surface area contributed by atoms with Crippen LogP contribution in [-0.2, 0) is 0 Å². The summed E-state index contributed by atoms with van der Waals surface area (Å²) in [6.07, 6.45) is 14.2. The number of hydrogen-bond acceptors (Lipinski definition) is 1. The highest BCUT2D eigenvalue weighted by Gasteiger charge is 2.17. The van der Waals surface area contributed by atoms with Gasteiger partial charge in [-0.05, 0) is 18.1 Å². The molecule has 0 radical (unpaired) electrons. The van der Waals surface area contributed by atoms with Gasteiger partial charge in [-0.1, -0.05) is 118 Å². The summed E-state index contributed by atoms with van der Waals surface area (Å²) in [5, 5.41) is 0. The molecule has 0 spiro atoms. The van der Waals surface area contributed by atoms with Gasteiger partial charge in [0.15, 0.2) is 5.78 Å². The van der Waals surface area contributed by atoms with Gasteiger partial charge in [0.25, 0.3) is 0 Å². The SMILES string of the molecule is CCCCCCC(C)(/C=C/C(=O)c1ccccc1)/C=C/c1ccccc1. The Balaban J connectivity index is 2.12. The number of carbonyl (C=O) groups excluding carboxylic acids is 1. The van der Waals surface area contributed by atoms with E-state index in [-0.39, 0.29) is 11.2 Å². The van der Waals surface area contributed by atoms with Crippen molar-refractivity contribution in [2.75, 3.05) is 0 Å². The van der Waals surface area contributed by atoms with Crippen molar-refractivity contribution in [1.82, 2.24) is 0 Å². The Hall–Kier alpha value is -2.41. The van der Waals surface area contributed by atoms with Crippen LogP contribution in [0.3, 0.4) is 0 Å². The van der Waals surface area contributed by atoms with E-state index in [4.69, 9.17) is 0 Å². The molecule has 0 aliphatic rings. The number of unbranched alkanes of at least 4 members (excludes halogenated alkanes) is 3. The van der Waals surface area contributed by atoms with Crippen molar-refractivity contribution in [3.8, 4) is 0 Å². The fourth-order valence-electron chi connectivity index (χ4n) is 2.97. The third-order valence-corrected chi connectivity index (χ3v) is 4.70. The standard InChI is InChI=1S/C25H30O/c1-3-4-5-12-19-25(2,20-17-22-13-8-6-9-14-22)21-18-24(26)23-15-10-7-11-16-23/h6-11,13-18,20-21H,3-5,12,19H2,1-2H3/b20-17+,21-18+. The van der Waals surface area contributed by atoms with Crippen LogP contribution in [0.25, 0.3) is 6.08 Å². The maximum absolute atomic E-state index is 12.4. The van der Waals surface area contributed by atoms with E-state index in [0.717, 1.165) is 12.0 Å². The molecule has 0 saturated carbocycles. The number of ketones is 1. The largest absolute Gasteiger partial charge is 0.289 e. The molecule has 26 heavy (non-hydrogen) atoms. The van der Waals surface area contributed by atoms with Gasteiger partial charge in [0, 0.05) is 11.0 Å². The number of benzene rings is 2. The minimum atomic E-state index is -0.117. The van der Waals surface area contributed by atoms with E-state index in [1.54, 1.807) is 6.08 Å². The number of rotatable bonds is 10. The molecule has 1 nitrogen and oxygen atoms in total. The molecule has 0 amide bonds. The first kappa shape index (κ1) is 19.9. The van der Waals surface area contributed by atoms with E-state index in [1.807, 2.05) is 48.5 Å². The second-order valence-electron chi connectivity index (χ2n) is 7.12. The van der Waals surface area contributed by atoms with Crippen LogP contribution in [-0.4, -0.2) is 5.78 Å². The van der Waals surface area contributed by atoms with Crippen molar-refractivity contribution in [2.45, 2.75) is 46.0 Å². The molecule has 0 heterocycles. The lowest BCUT2D eigenvalue weighted by atomic mass is 9.83.